The minimum Gasteiger partial charge on any atom is -0.326 e. The summed E-state index contributed by atoms with van der Waals surface area (Å²) in [5.41, 5.74) is 3.05. The van der Waals surface area contributed by atoms with E-state index in [2.05, 4.69) is 10.6 Å². The number of nitrogens with one attached hydrogen (secondary N) is 2. The van der Waals surface area contributed by atoms with Crippen molar-refractivity contribution in [2.45, 2.75) is 18.2 Å². The molecule has 0 bridgehead atoms. The summed E-state index contributed by atoms with van der Waals surface area (Å²) in [6.07, 6.45) is 0.657. The maximum absolute atomic E-state index is 13.2. The molecule has 1 aliphatic heterocycles. The molecular formula is C23H21N3O4S. The lowest BCUT2D eigenvalue weighted by molar-refractivity contribution is -0.114. The van der Waals surface area contributed by atoms with Gasteiger partial charge in [-0.1, -0.05) is 24.3 Å². The predicted octanol–water partition coefficient (Wildman–Crippen LogP) is 3.65. The van der Waals surface area contributed by atoms with Gasteiger partial charge in [0.2, 0.25) is 5.91 Å². The Hall–Kier alpha value is -3.65. The smallest absolute Gasteiger partial charge is 0.264 e. The van der Waals surface area contributed by atoms with Gasteiger partial charge in [-0.25, -0.2) is 8.42 Å². The average molecular weight is 436 g/mol. The van der Waals surface area contributed by atoms with Crippen LogP contribution in [0.2, 0.25) is 0 Å². The van der Waals surface area contributed by atoms with Crippen molar-refractivity contribution in [2.75, 3.05) is 21.5 Å². The van der Waals surface area contributed by atoms with Gasteiger partial charge in [0.15, 0.2) is 0 Å². The van der Waals surface area contributed by atoms with Crippen molar-refractivity contribution in [1.82, 2.24) is 0 Å². The first-order chi connectivity index (χ1) is 14.8. The Morgan fingerprint density at radius 1 is 0.871 bits per heavy atom. The van der Waals surface area contributed by atoms with Gasteiger partial charge in [0, 0.05) is 30.4 Å². The van der Waals surface area contributed by atoms with Crippen molar-refractivity contribution in [3.8, 4) is 0 Å². The highest BCUT2D eigenvalue weighted by Crippen LogP contribution is 2.32. The van der Waals surface area contributed by atoms with Crippen molar-refractivity contribution < 1.29 is 18.0 Å². The second-order valence-corrected chi connectivity index (χ2v) is 9.06. The summed E-state index contributed by atoms with van der Waals surface area (Å²) < 4.78 is 27.8. The molecule has 8 heteroatoms. The van der Waals surface area contributed by atoms with Gasteiger partial charge < -0.3 is 10.6 Å². The van der Waals surface area contributed by atoms with Crippen LogP contribution in [0.4, 0.5) is 17.1 Å². The standard InChI is InChI=1S/C23H21N3O4S/c1-16(27)24-19-9-11-20(12-10-19)25-23(28)18-6-4-7-21(15-18)31(29,30)26-14-13-17-5-2-3-8-22(17)26/h2-12,15H,13-14H2,1H3,(H,24,27)(H,25,28). The topological polar surface area (TPSA) is 95.6 Å². The van der Waals surface area contributed by atoms with Crippen molar-refractivity contribution in [3.63, 3.8) is 0 Å². The zero-order chi connectivity index (χ0) is 22.0. The van der Waals surface area contributed by atoms with E-state index in [1.807, 2.05) is 18.2 Å². The van der Waals surface area contributed by atoms with Crippen molar-refractivity contribution in [3.05, 3.63) is 83.9 Å². The highest BCUT2D eigenvalue weighted by Gasteiger charge is 2.30. The highest BCUT2D eigenvalue weighted by molar-refractivity contribution is 7.92. The molecule has 3 aromatic carbocycles. The number of hydrogen-bond acceptors (Lipinski definition) is 4. The quantitative estimate of drug-likeness (QED) is 0.640. The van der Waals surface area contributed by atoms with E-state index in [4.69, 9.17) is 0 Å². The number of anilines is 3. The first-order valence-electron chi connectivity index (χ1n) is 9.74. The molecular weight excluding hydrogens is 414 g/mol. The van der Waals surface area contributed by atoms with E-state index >= 15 is 0 Å². The Bertz CT molecular complexity index is 1250. The molecule has 0 aromatic heterocycles. The number of rotatable bonds is 5. The first-order valence-corrected chi connectivity index (χ1v) is 11.2. The normalized spacial score (nSPS) is 12.9. The summed E-state index contributed by atoms with van der Waals surface area (Å²) >= 11 is 0. The molecule has 0 atom stereocenters. The van der Waals surface area contributed by atoms with Gasteiger partial charge >= 0.3 is 0 Å². The summed E-state index contributed by atoms with van der Waals surface area (Å²) in [5.74, 6) is -0.610. The van der Waals surface area contributed by atoms with E-state index in [1.54, 1.807) is 42.5 Å². The summed E-state index contributed by atoms with van der Waals surface area (Å²) in [5, 5.41) is 5.39. The first kappa shape index (κ1) is 20.6. The maximum Gasteiger partial charge on any atom is 0.264 e. The number of sulfonamides is 1. The number of amides is 2. The van der Waals surface area contributed by atoms with Crippen LogP contribution in [0.1, 0.15) is 22.8 Å². The fourth-order valence-electron chi connectivity index (χ4n) is 3.53. The predicted molar refractivity (Wildman–Crippen MR) is 120 cm³/mol. The largest absolute Gasteiger partial charge is 0.326 e. The number of carbonyl (C=O) groups excluding carboxylic acids is 2. The molecule has 0 saturated carbocycles. The molecule has 4 rings (SSSR count). The Balaban J connectivity index is 1.54. The van der Waals surface area contributed by atoms with E-state index in [-0.39, 0.29) is 16.4 Å². The van der Waals surface area contributed by atoms with Crippen molar-refractivity contribution >= 4 is 38.9 Å². The van der Waals surface area contributed by atoms with E-state index in [9.17, 15) is 18.0 Å². The molecule has 2 amide bonds. The van der Waals surface area contributed by atoms with Crippen LogP contribution in [-0.2, 0) is 21.2 Å². The van der Waals surface area contributed by atoms with E-state index in [1.165, 1.54) is 23.4 Å². The van der Waals surface area contributed by atoms with Crippen molar-refractivity contribution in [1.29, 1.82) is 0 Å². The number of carbonyl (C=O) groups is 2. The lowest BCUT2D eigenvalue weighted by Gasteiger charge is -2.20. The molecule has 158 valence electrons. The SMILES string of the molecule is CC(=O)Nc1ccc(NC(=O)c2cccc(S(=O)(=O)N3CCc4ccccc43)c2)cc1. The van der Waals surface area contributed by atoms with Crippen LogP contribution in [0.5, 0.6) is 0 Å². The Kier molecular flexibility index (Phi) is 5.48. The van der Waals surface area contributed by atoms with Gasteiger partial charge in [-0.15, -0.1) is 0 Å². The minimum absolute atomic E-state index is 0.0675. The van der Waals surface area contributed by atoms with Crippen LogP contribution in [0.15, 0.2) is 77.7 Å². The third-order valence-electron chi connectivity index (χ3n) is 4.99. The second kappa shape index (κ2) is 8.23. The third-order valence-corrected chi connectivity index (χ3v) is 6.80. The zero-order valence-corrected chi connectivity index (χ0v) is 17.6. The van der Waals surface area contributed by atoms with E-state index < -0.39 is 15.9 Å². The number of hydrogen-bond donors (Lipinski definition) is 2. The molecule has 0 fully saturated rings. The molecule has 3 aromatic rings. The molecule has 7 nitrogen and oxygen atoms in total. The Morgan fingerprint density at radius 3 is 2.26 bits per heavy atom. The molecule has 0 saturated heterocycles. The summed E-state index contributed by atoms with van der Waals surface area (Å²) in [6.45, 7) is 1.79. The monoisotopic (exact) mass is 435 g/mol. The lowest BCUT2D eigenvalue weighted by atomic mass is 10.2. The molecule has 0 spiro atoms. The van der Waals surface area contributed by atoms with Crippen LogP contribution in [0.25, 0.3) is 0 Å². The molecule has 1 aliphatic rings. The lowest BCUT2D eigenvalue weighted by Crippen LogP contribution is -2.29. The van der Waals surface area contributed by atoms with Crippen LogP contribution >= 0.6 is 0 Å². The van der Waals surface area contributed by atoms with Gasteiger partial charge in [-0.2, -0.15) is 0 Å². The molecule has 0 aliphatic carbocycles. The van der Waals surface area contributed by atoms with Gasteiger partial charge in [0.05, 0.1) is 10.6 Å². The molecule has 1 heterocycles. The summed E-state index contributed by atoms with van der Waals surface area (Å²) in [4.78, 5) is 23.9. The van der Waals surface area contributed by atoms with Gasteiger partial charge in [-0.05, 0) is 60.5 Å². The van der Waals surface area contributed by atoms with Crippen LogP contribution in [0, 0.1) is 0 Å². The van der Waals surface area contributed by atoms with Crippen LogP contribution in [0.3, 0.4) is 0 Å². The van der Waals surface area contributed by atoms with Gasteiger partial charge in [-0.3, -0.25) is 13.9 Å². The van der Waals surface area contributed by atoms with Crippen LogP contribution < -0.4 is 14.9 Å². The van der Waals surface area contributed by atoms with E-state index in [0.717, 1.165) is 5.56 Å². The highest BCUT2D eigenvalue weighted by atomic mass is 32.2. The third kappa shape index (κ3) is 4.29. The van der Waals surface area contributed by atoms with Gasteiger partial charge in [0.25, 0.3) is 15.9 Å². The number of benzene rings is 3. The second-order valence-electron chi connectivity index (χ2n) is 7.20. The van der Waals surface area contributed by atoms with E-state index in [0.29, 0.717) is 30.0 Å². The molecule has 31 heavy (non-hydrogen) atoms. The minimum atomic E-state index is -3.79. The molecule has 0 radical (unpaired) electrons. The maximum atomic E-state index is 13.2. The number of fused-ring (bicyclic) bond motifs is 1. The summed E-state index contributed by atoms with van der Waals surface area (Å²) in [6, 6.07) is 20.1. The molecule has 2 N–H and O–H groups in total. The summed E-state index contributed by atoms with van der Waals surface area (Å²) in [7, 11) is -3.79. The number of nitrogens with zero attached hydrogens (tertiary/aromatic N) is 1. The number of para-hydroxylation sites is 1. The fourth-order valence-corrected chi connectivity index (χ4v) is 5.08. The van der Waals surface area contributed by atoms with Gasteiger partial charge in [0.1, 0.15) is 0 Å². The Labute approximate surface area is 180 Å². The zero-order valence-electron chi connectivity index (χ0n) is 16.8. The Morgan fingerprint density at radius 2 is 1.55 bits per heavy atom. The van der Waals surface area contributed by atoms with Crippen LogP contribution in [-0.4, -0.2) is 26.8 Å². The molecule has 0 unspecified atom stereocenters. The van der Waals surface area contributed by atoms with Crippen molar-refractivity contribution in [2.24, 2.45) is 0 Å². The fraction of sp³-hybridized carbons (Fsp3) is 0.130. The average Bonchev–Trinajstić information content (AvgIpc) is 3.20.